The summed E-state index contributed by atoms with van der Waals surface area (Å²) in [5, 5.41) is 14.6. The lowest BCUT2D eigenvalue weighted by Crippen LogP contribution is -2.74. The van der Waals surface area contributed by atoms with Crippen LogP contribution in [0, 0.1) is 0 Å². The van der Waals surface area contributed by atoms with Gasteiger partial charge in [0.2, 0.25) is 0 Å². The van der Waals surface area contributed by atoms with Gasteiger partial charge in [-0.05, 0) is 88.0 Å². The fourth-order valence-electron chi connectivity index (χ4n) is 13.3. The van der Waals surface area contributed by atoms with E-state index in [1.165, 1.54) is 41.5 Å². The number of aromatic nitrogens is 4. The number of pyridine rings is 4. The summed E-state index contributed by atoms with van der Waals surface area (Å²) >= 11 is 0. The summed E-state index contributed by atoms with van der Waals surface area (Å²) in [7, 11) is -5.85. The number of rotatable bonds is 12. The Balaban J connectivity index is 1.04. The molecule has 0 aliphatic rings. The van der Waals surface area contributed by atoms with Gasteiger partial charge in [-0.2, -0.15) is 0 Å². The van der Waals surface area contributed by atoms with E-state index in [-0.39, 0.29) is 0 Å². The van der Waals surface area contributed by atoms with E-state index in [0.717, 1.165) is 88.4 Å². The summed E-state index contributed by atoms with van der Waals surface area (Å²) in [6.45, 7) is 0. The first-order valence-corrected chi connectivity index (χ1v) is 32.7. The maximum absolute atomic E-state index is 5.83. The van der Waals surface area contributed by atoms with Gasteiger partial charge in [-0.25, -0.2) is 9.97 Å². The summed E-state index contributed by atoms with van der Waals surface area (Å²) in [6, 6.07) is 116. The fraction of sp³-hybridized carbons (Fsp3) is 0. The first kappa shape index (κ1) is 50.5. The number of hydrogen-bond donors (Lipinski definition) is 0. The van der Waals surface area contributed by atoms with Crippen molar-refractivity contribution in [3.63, 3.8) is 0 Å². The van der Waals surface area contributed by atoms with Crippen LogP contribution in [0.5, 0.6) is 0 Å². The molecule has 11 aromatic carbocycles. The molecule has 4 nitrogen and oxygen atoms in total. The molecule has 394 valence electrons. The summed E-state index contributed by atoms with van der Waals surface area (Å²) in [4.78, 5) is 21.7. The largest absolute Gasteiger partial charge is 0.256 e. The van der Waals surface area contributed by atoms with Crippen molar-refractivity contribution in [1.29, 1.82) is 0 Å². The van der Waals surface area contributed by atoms with Crippen molar-refractivity contribution in [1.82, 2.24) is 19.9 Å². The van der Waals surface area contributed by atoms with Gasteiger partial charge in [-0.1, -0.05) is 291 Å². The number of para-hydroxylation sites is 2. The summed E-state index contributed by atoms with van der Waals surface area (Å²) in [6.07, 6.45) is 3.76. The van der Waals surface area contributed by atoms with Crippen molar-refractivity contribution in [3.05, 3.63) is 328 Å². The molecule has 0 unspecified atom stereocenters. The van der Waals surface area contributed by atoms with Gasteiger partial charge in [0.15, 0.2) is 16.1 Å². The summed E-state index contributed by atoms with van der Waals surface area (Å²) in [5.41, 5.74) is 11.3. The van der Waals surface area contributed by atoms with E-state index >= 15 is 0 Å². The zero-order chi connectivity index (χ0) is 55.9. The lowest BCUT2D eigenvalue weighted by molar-refractivity contribution is 1.35. The highest BCUT2D eigenvalue weighted by Crippen LogP contribution is 2.41. The van der Waals surface area contributed by atoms with E-state index in [1.54, 1.807) is 0 Å². The molecule has 0 aliphatic heterocycles. The number of hydrogen-bond acceptors (Lipinski definition) is 4. The second kappa shape index (κ2) is 21.4. The van der Waals surface area contributed by atoms with Crippen LogP contribution < -0.4 is 41.5 Å². The maximum atomic E-state index is 5.83. The molecule has 4 aromatic heterocycles. The molecule has 6 heteroatoms. The van der Waals surface area contributed by atoms with Gasteiger partial charge >= 0.3 is 0 Å². The average molecular weight is 1100 g/mol. The number of fused-ring (bicyclic) bond motifs is 5. The minimum Gasteiger partial charge on any atom is -0.256 e. The maximum Gasteiger partial charge on any atom is 0.179 e. The Labute approximate surface area is 490 Å². The second-order valence-corrected chi connectivity index (χ2v) is 29.2. The van der Waals surface area contributed by atoms with Crippen molar-refractivity contribution >= 4 is 101 Å². The highest BCUT2D eigenvalue weighted by molar-refractivity contribution is 7.20. The summed E-state index contributed by atoms with van der Waals surface area (Å²) < 4.78 is 0. The normalized spacial score (nSPS) is 11.8. The molecule has 0 radical (unpaired) electrons. The smallest absolute Gasteiger partial charge is 0.179 e. The van der Waals surface area contributed by atoms with Crippen LogP contribution in [0.3, 0.4) is 0 Å². The number of nitrogens with zero attached hydrogens (tertiary/aromatic N) is 4. The molecule has 0 fully saturated rings. The lowest BCUT2D eigenvalue weighted by atomic mass is 9.93. The first-order chi connectivity index (χ1) is 41.7. The fourth-order valence-corrected chi connectivity index (χ4v) is 22.9. The molecule has 0 bridgehead atoms. The standard InChI is InChI=1S/C78H54N4Si2/c1-7-31-59(32-8-1)83(60-33-9-2-10-34-60,61-35-11-3-12-36-61)65-43-19-27-57(51-65)71-53-73(69-45-21-25-55-29-23-49-79-75(55)69)81-77-67(71)47-48-68-72(54-74(82-78(68)77)70-46-22-26-56-30-24-50-80-76(56)70)58-28-20-44-66(52-58)84(62-37-13-4-14-38-62,63-39-15-5-16-40-63)64-41-17-6-18-42-64/h1-54H. The van der Waals surface area contributed by atoms with Crippen LogP contribution >= 0.6 is 0 Å². The minimum atomic E-state index is -2.93. The molecule has 0 aliphatic carbocycles. The second-order valence-electron chi connectivity index (χ2n) is 21.6. The van der Waals surface area contributed by atoms with Crippen LogP contribution in [0.2, 0.25) is 0 Å². The van der Waals surface area contributed by atoms with E-state index in [0.29, 0.717) is 0 Å². The Morgan fingerprint density at radius 3 is 0.845 bits per heavy atom. The Bertz CT molecular complexity index is 4380. The molecule has 0 saturated heterocycles. The third kappa shape index (κ3) is 8.50. The average Bonchev–Trinajstić information content (AvgIpc) is 1.78. The van der Waals surface area contributed by atoms with Crippen molar-refractivity contribution < 1.29 is 0 Å². The van der Waals surface area contributed by atoms with Gasteiger partial charge in [0.25, 0.3) is 0 Å². The Kier molecular flexibility index (Phi) is 12.9. The molecule has 0 atom stereocenters. The van der Waals surface area contributed by atoms with Gasteiger partial charge in [-0.15, -0.1) is 0 Å². The van der Waals surface area contributed by atoms with Crippen LogP contribution in [0.25, 0.3) is 88.4 Å². The van der Waals surface area contributed by atoms with Gasteiger partial charge in [-0.3, -0.25) is 9.97 Å². The molecule has 0 saturated carbocycles. The van der Waals surface area contributed by atoms with E-state index in [2.05, 4.69) is 303 Å². The zero-order valence-corrected chi connectivity index (χ0v) is 48.0. The van der Waals surface area contributed by atoms with E-state index < -0.39 is 16.1 Å². The highest BCUT2D eigenvalue weighted by atomic mass is 28.3. The van der Waals surface area contributed by atoms with Gasteiger partial charge in [0, 0.05) is 45.1 Å². The molecular formula is C78H54N4Si2. The topological polar surface area (TPSA) is 51.6 Å². The highest BCUT2D eigenvalue weighted by Gasteiger charge is 2.43. The summed E-state index contributed by atoms with van der Waals surface area (Å²) in [5.74, 6) is 0. The van der Waals surface area contributed by atoms with Crippen molar-refractivity contribution in [2.45, 2.75) is 0 Å². The molecule has 0 spiro atoms. The van der Waals surface area contributed by atoms with Crippen LogP contribution in [0.1, 0.15) is 0 Å². The number of benzene rings is 11. The molecule has 0 N–H and O–H groups in total. The third-order valence-corrected chi connectivity index (χ3v) is 26.6. The van der Waals surface area contributed by atoms with Gasteiger partial charge < -0.3 is 0 Å². The molecular weight excluding hydrogens is 1050 g/mol. The molecule has 15 aromatic rings. The Morgan fingerprint density at radius 1 is 0.214 bits per heavy atom. The van der Waals surface area contributed by atoms with E-state index in [9.17, 15) is 0 Å². The van der Waals surface area contributed by atoms with Crippen LogP contribution in [0.4, 0.5) is 0 Å². The van der Waals surface area contributed by atoms with Crippen molar-refractivity contribution in [2.75, 3.05) is 0 Å². The predicted molar refractivity (Wildman–Crippen MR) is 357 cm³/mol. The third-order valence-electron chi connectivity index (χ3n) is 17.0. The SMILES string of the molecule is c1ccc([Si](c2ccccc2)(c2ccccc2)c2cccc(-c3cc(-c4cccc5cccnc45)nc4c3ccc3c(-c5cccc([Si](c6ccccc6)(c6ccccc6)c6ccccc6)c5)cc(-c5cccc6cccnc56)nc34)c2)cc1. The quantitative estimate of drug-likeness (QED) is 0.0695. The van der Waals surface area contributed by atoms with Crippen molar-refractivity contribution in [2.24, 2.45) is 0 Å². The van der Waals surface area contributed by atoms with E-state index in [1.807, 2.05) is 24.5 Å². The van der Waals surface area contributed by atoms with Gasteiger partial charge in [0.1, 0.15) is 0 Å². The lowest BCUT2D eigenvalue weighted by Gasteiger charge is -2.34. The van der Waals surface area contributed by atoms with Crippen LogP contribution in [0.15, 0.2) is 328 Å². The van der Waals surface area contributed by atoms with E-state index in [4.69, 9.17) is 19.9 Å². The minimum absolute atomic E-state index is 0.810. The molecule has 4 heterocycles. The Morgan fingerprint density at radius 2 is 0.512 bits per heavy atom. The van der Waals surface area contributed by atoms with Crippen molar-refractivity contribution in [3.8, 4) is 44.8 Å². The molecule has 84 heavy (non-hydrogen) atoms. The molecule has 15 rings (SSSR count). The van der Waals surface area contributed by atoms with Crippen LogP contribution in [-0.4, -0.2) is 36.1 Å². The monoisotopic (exact) mass is 1100 g/mol. The van der Waals surface area contributed by atoms with Gasteiger partial charge in [0.05, 0.1) is 33.5 Å². The first-order valence-electron chi connectivity index (χ1n) is 28.7. The Hall–Kier alpha value is -10.5. The zero-order valence-electron chi connectivity index (χ0n) is 46.0. The van der Waals surface area contributed by atoms with Crippen LogP contribution in [-0.2, 0) is 0 Å². The predicted octanol–water partition coefficient (Wildman–Crippen LogP) is 13.3. The molecule has 0 amide bonds.